The fraction of sp³-hybridized carbons (Fsp3) is 0.412. The maximum atomic E-state index is 12.8. The smallest absolute Gasteiger partial charge is 0.280 e. The van der Waals surface area contributed by atoms with Crippen molar-refractivity contribution >= 4 is 27.3 Å². The first-order valence-electron chi connectivity index (χ1n) is 8.49. The van der Waals surface area contributed by atoms with Gasteiger partial charge in [-0.2, -0.15) is 17.4 Å². The fourth-order valence-corrected chi connectivity index (χ4v) is 4.71. The Labute approximate surface area is 162 Å². The van der Waals surface area contributed by atoms with Gasteiger partial charge in [-0.3, -0.25) is 4.79 Å². The minimum absolute atomic E-state index is 0.117. The van der Waals surface area contributed by atoms with Crippen LogP contribution in [0.2, 0.25) is 0 Å². The monoisotopic (exact) mass is 409 g/mol. The number of hydroxylamine groups is 3. The first kappa shape index (κ1) is 20.1. The Hall–Kier alpha value is -1.69. The average Bonchev–Trinajstić information content (AvgIpc) is 3.15. The van der Waals surface area contributed by atoms with Gasteiger partial charge in [0.05, 0.1) is 39.3 Å². The third-order valence-electron chi connectivity index (χ3n) is 4.52. The van der Waals surface area contributed by atoms with Crippen LogP contribution in [0.25, 0.3) is 0 Å². The number of aromatic nitrogens is 1. The zero-order valence-corrected chi connectivity index (χ0v) is 16.5. The summed E-state index contributed by atoms with van der Waals surface area (Å²) in [5.74, 6) is -0.401. The summed E-state index contributed by atoms with van der Waals surface area (Å²) in [5, 5.41) is 13.5. The highest BCUT2D eigenvalue weighted by Crippen LogP contribution is 2.15. The molecule has 1 aromatic heterocycles. The van der Waals surface area contributed by atoms with Crippen LogP contribution in [0.3, 0.4) is 0 Å². The normalized spacial score (nSPS) is 18.9. The minimum Gasteiger partial charge on any atom is -0.633 e. The number of thiazole rings is 1. The Bertz CT molecular complexity index is 860. The highest BCUT2D eigenvalue weighted by molar-refractivity contribution is 7.87. The summed E-state index contributed by atoms with van der Waals surface area (Å²) in [4.78, 5) is 16.7. The van der Waals surface area contributed by atoms with Gasteiger partial charge in [0.1, 0.15) is 5.69 Å². The van der Waals surface area contributed by atoms with Gasteiger partial charge >= 0.3 is 0 Å². The van der Waals surface area contributed by atoms with Crippen molar-refractivity contribution in [2.75, 3.05) is 33.2 Å². The molecule has 8 nitrogen and oxygen atoms in total. The molecule has 0 saturated carbocycles. The highest BCUT2D eigenvalue weighted by Gasteiger charge is 2.34. The first-order valence-corrected chi connectivity index (χ1v) is 10.8. The molecule has 1 aliphatic rings. The van der Waals surface area contributed by atoms with Crippen LogP contribution in [0.5, 0.6) is 0 Å². The van der Waals surface area contributed by atoms with Gasteiger partial charge in [-0.15, -0.1) is 11.3 Å². The zero-order chi connectivity index (χ0) is 19.5. The summed E-state index contributed by atoms with van der Waals surface area (Å²) in [7, 11) is -2.38. The molecule has 3 rings (SSSR count). The summed E-state index contributed by atoms with van der Waals surface area (Å²) < 4.78 is 28.9. The Balaban J connectivity index is 1.79. The number of carbonyl (C=O) groups excluding carboxylic acids is 1. The van der Waals surface area contributed by atoms with Crippen molar-refractivity contribution < 1.29 is 17.9 Å². The number of ketones is 1. The number of piperazine rings is 1. The summed E-state index contributed by atoms with van der Waals surface area (Å²) in [5.41, 5.74) is 3.63. The molecule has 0 aliphatic carbocycles. The van der Waals surface area contributed by atoms with E-state index in [-0.39, 0.29) is 38.3 Å². The highest BCUT2D eigenvalue weighted by atomic mass is 32.2. The number of benzene rings is 1. The van der Waals surface area contributed by atoms with Gasteiger partial charge in [0.25, 0.3) is 10.2 Å². The van der Waals surface area contributed by atoms with Gasteiger partial charge in [0.15, 0.2) is 11.3 Å². The first-order chi connectivity index (χ1) is 12.8. The van der Waals surface area contributed by atoms with Gasteiger partial charge in [-0.25, -0.2) is 4.98 Å². The molecule has 0 amide bonds. The average molecular weight is 410 g/mol. The van der Waals surface area contributed by atoms with Crippen LogP contribution in [0, 0.1) is 10.7 Å². The molecule has 0 spiro atoms. The fourth-order valence-electron chi connectivity index (χ4n) is 2.88. The second kappa shape index (κ2) is 8.13. The van der Waals surface area contributed by atoms with Crippen molar-refractivity contribution in [3.63, 3.8) is 0 Å². The number of nitrogens with one attached hydrogen (secondary N) is 1. The Kier molecular flexibility index (Phi) is 6.04. The second-order valence-corrected chi connectivity index (χ2v) is 9.05. The van der Waals surface area contributed by atoms with Gasteiger partial charge in [0.2, 0.25) is 0 Å². The molecule has 145 valence electrons. The number of rotatable bonds is 7. The molecule has 1 N–H and O–H groups in total. The minimum atomic E-state index is -3.91. The largest absolute Gasteiger partial charge is 0.633 e. The quantitative estimate of drug-likeness (QED) is 0.415. The van der Waals surface area contributed by atoms with E-state index < -0.39 is 26.7 Å². The Morgan fingerprint density at radius 2 is 2.04 bits per heavy atom. The molecule has 0 unspecified atom stereocenters. The third-order valence-corrected chi connectivity index (χ3v) is 6.68. The number of hydrogen-bond donors (Lipinski definition) is 1. The Morgan fingerprint density at radius 1 is 1.37 bits per heavy atom. The van der Waals surface area contributed by atoms with E-state index in [0.29, 0.717) is 0 Å². The number of Topliss-reactive ketones (excluding diaryl/α,β-unsaturated/α-hetero) is 1. The van der Waals surface area contributed by atoms with Gasteiger partial charge in [-0.1, -0.05) is 30.3 Å². The lowest BCUT2D eigenvalue weighted by atomic mass is 10.0. The molecule has 1 aromatic carbocycles. The molecule has 2 aromatic rings. The van der Waals surface area contributed by atoms with Crippen LogP contribution in [0.1, 0.15) is 16.1 Å². The van der Waals surface area contributed by atoms with Crippen LogP contribution in [0.4, 0.5) is 0 Å². The van der Waals surface area contributed by atoms with Crippen molar-refractivity contribution in [3.8, 4) is 0 Å². The van der Waals surface area contributed by atoms with Crippen LogP contribution in [0.15, 0.2) is 35.7 Å². The lowest BCUT2D eigenvalue weighted by Crippen LogP contribution is -2.58. The van der Waals surface area contributed by atoms with Crippen molar-refractivity contribution in [1.29, 1.82) is 0 Å². The molecule has 2 heterocycles. The van der Waals surface area contributed by atoms with E-state index in [9.17, 15) is 18.4 Å². The van der Waals surface area contributed by atoms with E-state index >= 15 is 0 Å². The lowest BCUT2D eigenvalue weighted by molar-refractivity contribution is -0.864. The van der Waals surface area contributed by atoms with Crippen LogP contribution < -0.4 is 4.72 Å². The van der Waals surface area contributed by atoms with Gasteiger partial charge < -0.3 is 9.85 Å². The van der Waals surface area contributed by atoms with E-state index in [0.717, 1.165) is 16.9 Å². The molecule has 1 saturated heterocycles. The van der Waals surface area contributed by atoms with Crippen molar-refractivity contribution in [2.24, 2.45) is 0 Å². The second-order valence-electron chi connectivity index (χ2n) is 6.70. The lowest BCUT2D eigenvalue weighted by Gasteiger charge is -2.44. The standard InChI is InChI=1S/C17H21N4O4S2/c1-21(23)9-7-20(8-10-21)27(24,25)19-15(11-14-5-3-2-4-6-14)17(22)16-12-26-13-18-16/h2-6,12,15,19H,7-11H2,1H3/t15-/m0/s1. The molecule has 0 bridgehead atoms. The van der Waals surface area contributed by atoms with E-state index in [1.807, 2.05) is 30.3 Å². The number of likely N-dealkylation sites (N-methyl/N-ethyl adjacent to an activating group) is 1. The summed E-state index contributed by atoms with van der Waals surface area (Å²) in [6, 6.07) is 8.21. The molecule has 10 heteroatoms. The number of nitrogens with zero attached hydrogens (tertiary/aromatic N) is 3. The predicted octanol–water partition coefficient (Wildman–Crippen LogP) is 0.832. The van der Waals surface area contributed by atoms with Gasteiger partial charge in [0, 0.05) is 5.38 Å². The molecule has 1 radical (unpaired) electrons. The van der Waals surface area contributed by atoms with Crippen molar-refractivity contribution in [1.82, 2.24) is 14.0 Å². The zero-order valence-electron chi connectivity index (χ0n) is 14.9. The molecule has 1 fully saturated rings. The molecular formula is C17H21N4O4S2. The maximum absolute atomic E-state index is 12.8. The van der Waals surface area contributed by atoms with Crippen LogP contribution >= 0.6 is 11.3 Å². The van der Waals surface area contributed by atoms with Crippen LogP contribution in [-0.4, -0.2) is 67.4 Å². The molecule has 1 aliphatic heterocycles. The maximum Gasteiger partial charge on any atom is 0.280 e. The molecule has 27 heavy (non-hydrogen) atoms. The SMILES string of the molecule is C[N+]1([O-])CCN(S(=O)(=O)N[C@@H](Cc2ccccc2)C(=O)c2cs[c]n2)CC1. The topological polar surface area (TPSA) is 102 Å². The predicted molar refractivity (Wildman–Crippen MR) is 102 cm³/mol. The summed E-state index contributed by atoms with van der Waals surface area (Å²) in [6.45, 7) is 0.594. The number of hydrogen-bond acceptors (Lipinski definition) is 6. The van der Waals surface area contributed by atoms with E-state index in [2.05, 4.69) is 15.2 Å². The van der Waals surface area contributed by atoms with E-state index in [4.69, 9.17) is 0 Å². The van der Waals surface area contributed by atoms with Gasteiger partial charge in [-0.05, 0) is 12.0 Å². The van der Waals surface area contributed by atoms with Crippen LogP contribution in [-0.2, 0) is 16.6 Å². The molecular weight excluding hydrogens is 388 g/mol. The summed E-state index contributed by atoms with van der Waals surface area (Å²) in [6.07, 6.45) is 0.208. The third kappa shape index (κ3) is 5.18. The number of carbonyl (C=O) groups is 1. The molecule has 1 atom stereocenters. The van der Waals surface area contributed by atoms with E-state index in [1.165, 1.54) is 11.4 Å². The number of quaternary nitrogens is 1. The summed E-state index contributed by atoms with van der Waals surface area (Å²) >= 11 is 1.16. The van der Waals surface area contributed by atoms with Crippen molar-refractivity contribution in [2.45, 2.75) is 12.5 Å². The van der Waals surface area contributed by atoms with Crippen molar-refractivity contribution in [3.05, 3.63) is 57.7 Å². The Morgan fingerprint density at radius 3 is 2.63 bits per heavy atom. The van der Waals surface area contributed by atoms with E-state index in [1.54, 1.807) is 5.38 Å².